The van der Waals surface area contributed by atoms with Crippen LogP contribution in [-0.4, -0.2) is 42.6 Å². The Morgan fingerprint density at radius 3 is 2.86 bits per heavy atom. The van der Waals surface area contributed by atoms with Crippen molar-refractivity contribution in [3.63, 3.8) is 0 Å². The van der Waals surface area contributed by atoms with Crippen molar-refractivity contribution in [2.75, 3.05) is 19.3 Å². The summed E-state index contributed by atoms with van der Waals surface area (Å²) in [7, 11) is -1.13. The zero-order chi connectivity index (χ0) is 15.5. The highest BCUT2D eigenvalue weighted by atomic mass is 32.2. The minimum atomic E-state index is -3.21. The van der Waals surface area contributed by atoms with Gasteiger partial charge in [0.2, 0.25) is 10.0 Å². The van der Waals surface area contributed by atoms with Crippen LogP contribution in [0, 0.1) is 6.92 Å². The van der Waals surface area contributed by atoms with E-state index in [2.05, 4.69) is 26.6 Å². The van der Waals surface area contributed by atoms with Gasteiger partial charge in [0.15, 0.2) is 0 Å². The van der Waals surface area contributed by atoms with Gasteiger partial charge in [-0.05, 0) is 39.8 Å². The second-order valence-corrected chi connectivity index (χ2v) is 7.53. The van der Waals surface area contributed by atoms with Crippen LogP contribution in [-0.2, 0) is 16.6 Å². The fourth-order valence-corrected chi connectivity index (χ4v) is 3.78. The SMILES string of the molecule is CCCS(=O)(=O)NCc1cnc(C)nc1[C@H]1CCCN1C. The number of aryl methyl sites for hydroxylation is 1. The van der Waals surface area contributed by atoms with E-state index in [4.69, 9.17) is 0 Å². The van der Waals surface area contributed by atoms with Crippen molar-refractivity contribution in [2.24, 2.45) is 0 Å². The first-order chi connectivity index (χ1) is 9.93. The van der Waals surface area contributed by atoms with Crippen LogP contribution in [0.2, 0.25) is 0 Å². The molecule has 2 heterocycles. The van der Waals surface area contributed by atoms with Gasteiger partial charge in [0.05, 0.1) is 17.5 Å². The van der Waals surface area contributed by atoms with Gasteiger partial charge in [-0.25, -0.2) is 23.1 Å². The predicted octanol–water partition coefficient (Wildman–Crippen LogP) is 1.38. The first-order valence-electron chi connectivity index (χ1n) is 7.43. The van der Waals surface area contributed by atoms with E-state index in [-0.39, 0.29) is 18.3 Å². The monoisotopic (exact) mass is 312 g/mol. The molecule has 1 atom stereocenters. The van der Waals surface area contributed by atoms with E-state index in [1.54, 1.807) is 6.20 Å². The molecule has 1 N–H and O–H groups in total. The molecule has 0 spiro atoms. The number of nitrogens with one attached hydrogen (secondary N) is 1. The molecular formula is C14H24N4O2S. The number of hydrogen-bond acceptors (Lipinski definition) is 5. The highest BCUT2D eigenvalue weighted by Crippen LogP contribution is 2.31. The van der Waals surface area contributed by atoms with Crippen molar-refractivity contribution >= 4 is 10.0 Å². The summed E-state index contributed by atoms with van der Waals surface area (Å²) in [5, 5.41) is 0. The second-order valence-electron chi connectivity index (χ2n) is 5.61. The third-order valence-electron chi connectivity index (χ3n) is 3.81. The van der Waals surface area contributed by atoms with Gasteiger partial charge in [-0.3, -0.25) is 4.90 Å². The molecule has 1 aromatic heterocycles. The fraction of sp³-hybridized carbons (Fsp3) is 0.714. The molecule has 0 unspecified atom stereocenters. The fourth-order valence-electron chi connectivity index (χ4n) is 2.72. The predicted molar refractivity (Wildman–Crippen MR) is 82.3 cm³/mol. The molecule has 6 nitrogen and oxygen atoms in total. The summed E-state index contributed by atoms with van der Waals surface area (Å²) < 4.78 is 26.3. The third kappa shape index (κ3) is 4.21. The topological polar surface area (TPSA) is 75.2 Å². The molecule has 21 heavy (non-hydrogen) atoms. The summed E-state index contributed by atoms with van der Waals surface area (Å²) in [6.07, 6.45) is 4.56. The molecule has 1 aliphatic rings. The summed E-state index contributed by atoms with van der Waals surface area (Å²) in [4.78, 5) is 11.1. The summed E-state index contributed by atoms with van der Waals surface area (Å²) in [6, 6.07) is 0.261. The Bertz CT molecular complexity index is 589. The Labute approximate surface area is 127 Å². The van der Waals surface area contributed by atoms with Crippen LogP contribution in [0.4, 0.5) is 0 Å². The summed E-state index contributed by atoms with van der Waals surface area (Å²) >= 11 is 0. The molecule has 1 aromatic rings. The van der Waals surface area contributed by atoms with Gasteiger partial charge < -0.3 is 0 Å². The minimum Gasteiger partial charge on any atom is -0.298 e. The minimum absolute atomic E-state index is 0.151. The van der Waals surface area contributed by atoms with Crippen LogP contribution < -0.4 is 4.72 Å². The van der Waals surface area contributed by atoms with Crippen molar-refractivity contribution in [3.8, 4) is 0 Å². The van der Waals surface area contributed by atoms with E-state index >= 15 is 0 Å². The van der Waals surface area contributed by atoms with Crippen LogP contribution >= 0.6 is 0 Å². The lowest BCUT2D eigenvalue weighted by Crippen LogP contribution is -2.28. The summed E-state index contributed by atoms with van der Waals surface area (Å²) in [5.74, 6) is 0.878. The lowest BCUT2D eigenvalue weighted by atomic mass is 10.1. The van der Waals surface area contributed by atoms with Crippen LogP contribution in [0.3, 0.4) is 0 Å². The molecule has 2 rings (SSSR count). The first kappa shape index (κ1) is 16.3. The van der Waals surface area contributed by atoms with Crippen molar-refractivity contribution in [1.82, 2.24) is 19.6 Å². The zero-order valence-electron chi connectivity index (χ0n) is 13.0. The Kier molecular flexibility index (Phi) is 5.29. The standard InChI is InChI=1S/C14H24N4O2S/c1-4-8-21(19,20)16-10-12-9-15-11(2)17-14(12)13-6-5-7-18(13)3/h9,13,16H,4-8,10H2,1-3H3/t13-/m1/s1. The van der Waals surface area contributed by atoms with E-state index in [0.717, 1.165) is 36.5 Å². The Balaban J connectivity index is 2.19. The zero-order valence-corrected chi connectivity index (χ0v) is 13.8. The van der Waals surface area contributed by atoms with Crippen molar-refractivity contribution in [2.45, 2.75) is 45.7 Å². The maximum Gasteiger partial charge on any atom is 0.211 e. The molecule has 0 saturated carbocycles. The van der Waals surface area contributed by atoms with Gasteiger partial charge in [-0.1, -0.05) is 6.92 Å². The van der Waals surface area contributed by atoms with Gasteiger partial charge in [-0.15, -0.1) is 0 Å². The van der Waals surface area contributed by atoms with Gasteiger partial charge in [0.25, 0.3) is 0 Å². The van der Waals surface area contributed by atoms with E-state index < -0.39 is 10.0 Å². The average molecular weight is 312 g/mol. The molecule has 0 bridgehead atoms. The number of hydrogen-bond donors (Lipinski definition) is 1. The van der Waals surface area contributed by atoms with Crippen molar-refractivity contribution < 1.29 is 8.42 Å². The molecule has 7 heteroatoms. The lowest BCUT2D eigenvalue weighted by Gasteiger charge is -2.21. The van der Waals surface area contributed by atoms with Crippen LogP contribution in [0.25, 0.3) is 0 Å². The smallest absolute Gasteiger partial charge is 0.211 e. The second kappa shape index (κ2) is 6.81. The lowest BCUT2D eigenvalue weighted by molar-refractivity contribution is 0.309. The van der Waals surface area contributed by atoms with Crippen molar-refractivity contribution in [3.05, 3.63) is 23.3 Å². The van der Waals surface area contributed by atoms with E-state index in [1.165, 1.54) is 0 Å². The molecule has 1 saturated heterocycles. The number of aromatic nitrogens is 2. The Morgan fingerprint density at radius 1 is 1.48 bits per heavy atom. The maximum absolute atomic E-state index is 11.8. The molecule has 0 radical (unpaired) electrons. The maximum atomic E-state index is 11.8. The molecular weight excluding hydrogens is 288 g/mol. The molecule has 118 valence electrons. The summed E-state index contributed by atoms with van der Waals surface area (Å²) in [6.45, 7) is 5.04. The molecule has 0 amide bonds. The molecule has 1 fully saturated rings. The third-order valence-corrected chi connectivity index (χ3v) is 5.34. The summed E-state index contributed by atoms with van der Waals surface area (Å²) in [5.41, 5.74) is 1.83. The molecule has 0 aromatic carbocycles. The Morgan fingerprint density at radius 2 is 2.24 bits per heavy atom. The van der Waals surface area contributed by atoms with E-state index in [0.29, 0.717) is 6.42 Å². The van der Waals surface area contributed by atoms with E-state index in [1.807, 2.05) is 13.8 Å². The Hall–Kier alpha value is -1.05. The van der Waals surface area contributed by atoms with Crippen LogP contribution in [0.15, 0.2) is 6.20 Å². The highest BCUT2D eigenvalue weighted by molar-refractivity contribution is 7.89. The van der Waals surface area contributed by atoms with Gasteiger partial charge in [0, 0.05) is 18.3 Å². The highest BCUT2D eigenvalue weighted by Gasteiger charge is 2.26. The van der Waals surface area contributed by atoms with Crippen LogP contribution in [0.5, 0.6) is 0 Å². The molecule has 1 aliphatic heterocycles. The number of rotatable bonds is 6. The largest absolute Gasteiger partial charge is 0.298 e. The quantitative estimate of drug-likeness (QED) is 0.859. The van der Waals surface area contributed by atoms with Gasteiger partial charge >= 0.3 is 0 Å². The molecule has 0 aliphatic carbocycles. The van der Waals surface area contributed by atoms with Crippen molar-refractivity contribution in [1.29, 1.82) is 0 Å². The number of sulfonamides is 1. The first-order valence-corrected chi connectivity index (χ1v) is 9.08. The van der Waals surface area contributed by atoms with Crippen LogP contribution in [0.1, 0.15) is 49.3 Å². The average Bonchev–Trinajstić information content (AvgIpc) is 2.83. The van der Waals surface area contributed by atoms with Gasteiger partial charge in [-0.2, -0.15) is 0 Å². The van der Waals surface area contributed by atoms with E-state index in [9.17, 15) is 8.42 Å². The normalized spacial score (nSPS) is 20.0. The number of nitrogens with zero attached hydrogens (tertiary/aromatic N) is 3. The number of likely N-dealkylation sites (tertiary alicyclic amines) is 1. The van der Waals surface area contributed by atoms with Gasteiger partial charge in [0.1, 0.15) is 5.82 Å².